The second-order valence-electron chi connectivity index (χ2n) is 14.5. The number of aromatic nitrogens is 3. The van der Waals surface area contributed by atoms with Gasteiger partial charge in [0, 0.05) is 6.61 Å². The number of fused-ring (bicyclic) bond motifs is 1. The number of hydrogen-bond acceptors (Lipinski definition) is 11. The zero-order valence-corrected chi connectivity index (χ0v) is 33.4. The molecule has 1 aliphatic heterocycles. The number of unbranched alkanes of at least 4 members (excludes halogenated alkanes) is 15. The monoisotopic (exact) mass is 782 g/mol. The van der Waals surface area contributed by atoms with Gasteiger partial charge in [-0.2, -0.15) is 15.6 Å². The van der Waals surface area contributed by atoms with Crippen molar-refractivity contribution in [3.8, 4) is 12.1 Å². The van der Waals surface area contributed by atoms with E-state index < -0.39 is 32.2 Å². The van der Waals surface area contributed by atoms with Crippen LogP contribution in [0.2, 0.25) is 0 Å². The number of halogens is 1. The van der Waals surface area contributed by atoms with E-state index in [0.717, 1.165) is 24.6 Å². The molecule has 0 aliphatic carbocycles. The van der Waals surface area contributed by atoms with Gasteiger partial charge in [0.1, 0.15) is 35.9 Å². The highest BCUT2D eigenvalue weighted by Gasteiger charge is 2.43. The Morgan fingerprint density at radius 2 is 1.64 bits per heavy atom. The van der Waals surface area contributed by atoms with E-state index in [9.17, 15) is 19.8 Å². The van der Waals surface area contributed by atoms with Gasteiger partial charge in [0.2, 0.25) is 0 Å². The largest absolute Gasteiger partial charge is 0.382 e. The second kappa shape index (κ2) is 25.1. The van der Waals surface area contributed by atoms with Crippen LogP contribution in [0.4, 0.5) is 10.2 Å². The summed E-state index contributed by atoms with van der Waals surface area (Å²) in [6.45, 7) is 2.76. The van der Waals surface area contributed by atoms with E-state index in [2.05, 4.69) is 23.1 Å². The second-order valence-corrected chi connectivity index (χ2v) is 15.5. The zero-order valence-electron chi connectivity index (χ0n) is 32.5. The van der Waals surface area contributed by atoms with E-state index in [4.69, 9.17) is 29.0 Å². The summed E-state index contributed by atoms with van der Waals surface area (Å²) in [5.41, 5.74) is 6.76. The summed E-state index contributed by atoms with van der Waals surface area (Å²) >= 11 is 0. The van der Waals surface area contributed by atoms with Gasteiger partial charge in [0.05, 0.1) is 43.8 Å². The average molecular weight is 783 g/mol. The third-order valence-corrected chi connectivity index (χ3v) is 10.7. The number of nitrogens with two attached hydrogens (primary N) is 1. The van der Waals surface area contributed by atoms with Gasteiger partial charge in [-0.15, -0.1) is 0 Å². The van der Waals surface area contributed by atoms with Crippen molar-refractivity contribution in [3.05, 3.63) is 59.3 Å². The fraction of sp³-hybridized carbons (Fsp3) is 0.659. The Balaban J connectivity index is 1.14. The summed E-state index contributed by atoms with van der Waals surface area (Å²) in [4.78, 5) is 14.7. The lowest BCUT2D eigenvalue weighted by atomic mass is 10.0. The number of hydrogen-bond donors (Lipinski definition) is 2. The molecule has 3 aromatic rings. The normalized spacial score (nSPS) is 18.0. The first-order valence-corrected chi connectivity index (χ1v) is 21.3. The lowest BCUT2D eigenvalue weighted by Gasteiger charge is -2.24. The lowest BCUT2D eigenvalue weighted by molar-refractivity contribution is -0.0540. The van der Waals surface area contributed by atoms with E-state index in [1.165, 1.54) is 102 Å². The van der Waals surface area contributed by atoms with Crippen molar-refractivity contribution in [2.45, 2.75) is 147 Å². The van der Waals surface area contributed by atoms with Gasteiger partial charge in [-0.25, -0.2) is 13.9 Å². The molecule has 55 heavy (non-hydrogen) atoms. The van der Waals surface area contributed by atoms with Crippen molar-refractivity contribution in [2.24, 2.45) is 0 Å². The summed E-state index contributed by atoms with van der Waals surface area (Å²) in [6, 6.07) is 11.8. The van der Waals surface area contributed by atoms with Gasteiger partial charge >= 0.3 is 8.60 Å². The standard InChI is InChI=1S/C41H60FN6O6P/c1-2-3-4-5-6-7-8-9-10-11-12-13-14-15-16-17-22-50-28-36(51-27-34-23-33(26-43)24-35(42)25-34)29-52-55(49)53-31-41(30-44)21-20-39(54-41)37-18-19-38-40(45)46-32-47-48(37)38/h18-19,23-25,32,36,39,49H,2-17,20-22,27-29,31H2,1H3,(H2,45,46,47). The van der Waals surface area contributed by atoms with Crippen LogP contribution in [0, 0.1) is 28.5 Å². The Bertz CT molecular complexity index is 1630. The molecule has 0 radical (unpaired) electrons. The molecule has 1 saturated heterocycles. The Hall–Kier alpha value is -3.26. The summed E-state index contributed by atoms with van der Waals surface area (Å²) in [7, 11) is -2.39. The van der Waals surface area contributed by atoms with Gasteiger partial charge in [-0.3, -0.25) is 0 Å². The quantitative estimate of drug-likeness (QED) is 0.0508. The van der Waals surface area contributed by atoms with Crippen molar-refractivity contribution in [1.29, 1.82) is 10.5 Å². The highest BCUT2D eigenvalue weighted by molar-refractivity contribution is 7.40. The SMILES string of the molecule is CCCCCCCCCCCCCCCCCCOCC(COP(O)OCC1(C#N)CCC(c2ccc3c(N)ncnn23)O1)OCc1cc(F)cc(C#N)c1. The predicted molar refractivity (Wildman–Crippen MR) is 210 cm³/mol. The maximum atomic E-state index is 14.0. The van der Waals surface area contributed by atoms with E-state index in [1.54, 1.807) is 16.6 Å². The van der Waals surface area contributed by atoms with Gasteiger partial charge < -0.3 is 33.9 Å². The fourth-order valence-corrected chi connectivity index (χ4v) is 7.55. The third kappa shape index (κ3) is 15.7. The van der Waals surface area contributed by atoms with Gasteiger partial charge in [0.25, 0.3) is 0 Å². The number of anilines is 1. The van der Waals surface area contributed by atoms with Crippen molar-refractivity contribution in [1.82, 2.24) is 14.6 Å². The molecule has 3 heterocycles. The first kappa shape index (κ1) is 44.5. The van der Waals surface area contributed by atoms with Crippen LogP contribution in [0.15, 0.2) is 36.7 Å². The van der Waals surface area contributed by atoms with E-state index in [0.29, 0.717) is 36.3 Å². The maximum Gasteiger partial charge on any atom is 0.330 e. The van der Waals surface area contributed by atoms with Crippen LogP contribution in [0.5, 0.6) is 0 Å². The molecule has 1 aromatic carbocycles. The highest BCUT2D eigenvalue weighted by Crippen LogP contribution is 2.43. The van der Waals surface area contributed by atoms with E-state index >= 15 is 0 Å². The number of benzene rings is 1. The minimum absolute atomic E-state index is 0.0187. The Morgan fingerprint density at radius 3 is 2.29 bits per heavy atom. The average Bonchev–Trinajstić information content (AvgIpc) is 3.83. The number of nitrogen functional groups attached to an aromatic ring is 1. The molecular formula is C41H60FN6O6P. The minimum atomic E-state index is -2.39. The number of nitriles is 2. The topological polar surface area (TPSA) is 170 Å². The molecule has 14 heteroatoms. The molecule has 302 valence electrons. The molecule has 4 unspecified atom stereocenters. The van der Waals surface area contributed by atoms with Crippen LogP contribution in [-0.4, -0.2) is 57.6 Å². The van der Waals surface area contributed by atoms with E-state index in [1.807, 2.05) is 12.1 Å². The summed E-state index contributed by atoms with van der Waals surface area (Å²) in [5.74, 6) is -0.184. The highest BCUT2D eigenvalue weighted by atomic mass is 31.2. The van der Waals surface area contributed by atoms with Crippen LogP contribution in [-0.2, 0) is 29.9 Å². The van der Waals surface area contributed by atoms with Crippen molar-refractivity contribution in [3.63, 3.8) is 0 Å². The molecule has 0 bridgehead atoms. The van der Waals surface area contributed by atoms with E-state index in [-0.39, 0.29) is 32.0 Å². The maximum absolute atomic E-state index is 14.0. The van der Waals surface area contributed by atoms with Crippen LogP contribution in [0.3, 0.4) is 0 Å². The molecule has 1 aliphatic rings. The molecule has 3 N–H and O–H groups in total. The van der Waals surface area contributed by atoms with Crippen LogP contribution in [0.1, 0.15) is 145 Å². The minimum Gasteiger partial charge on any atom is -0.382 e. The predicted octanol–water partition coefficient (Wildman–Crippen LogP) is 9.55. The molecule has 1 fully saturated rings. The molecule has 12 nitrogen and oxygen atoms in total. The molecule has 2 aromatic heterocycles. The first-order valence-electron chi connectivity index (χ1n) is 20.2. The Morgan fingerprint density at radius 1 is 0.964 bits per heavy atom. The third-order valence-electron chi connectivity index (χ3n) is 10.0. The van der Waals surface area contributed by atoms with Gasteiger partial charge in [-0.1, -0.05) is 103 Å². The Labute approximate surface area is 327 Å². The molecule has 4 rings (SSSR count). The van der Waals surface area contributed by atoms with Gasteiger partial charge in [-0.05, 0) is 55.2 Å². The van der Waals surface area contributed by atoms with Crippen LogP contribution in [0.25, 0.3) is 5.52 Å². The molecule has 4 atom stereocenters. The lowest BCUT2D eigenvalue weighted by Crippen LogP contribution is -2.32. The summed E-state index contributed by atoms with van der Waals surface area (Å²) in [6.07, 6.45) is 22.0. The molecular weight excluding hydrogens is 722 g/mol. The number of rotatable bonds is 29. The Kier molecular flexibility index (Phi) is 20.3. The van der Waals surface area contributed by atoms with Crippen molar-refractivity contribution >= 4 is 19.9 Å². The summed E-state index contributed by atoms with van der Waals surface area (Å²) in [5, 5.41) is 23.5. The van der Waals surface area contributed by atoms with Crippen LogP contribution < -0.4 is 5.73 Å². The number of ether oxygens (including phenoxy) is 3. The first-order chi connectivity index (χ1) is 26.9. The molecule has 0 spiro atoms. The molecule has 0 amide bonds. The zero-order chi connectivity index (χ0) is 39.1. The van der Waals surface area contributed by atoms with Crippen molar-refractivity contribution < 1.29 is 32.5 Å². The van der Waals surface area contributed by atoms with Gasteiger partial charge in [0.15, 0.2) is 11.4 Å². The smallest absolute Gasteiger partial charge is 0.330 e. The molecule has 0 saturated carbocycles. The fourth-order valence-electron chi connectivity index (χ4n) is 6.87. The number of nitrogens with zero attached hydrogens (tertiary/aromatic N) is 5. The van der Waals surface area contributed by atoms with Crippen LogP contribution >= 0.6 is 8.60 Å². The summed E-state index contributed by atoms with van der Waals surface area (Å²) < 4.78 is 45.0. The van der Waals surface area contributed by atoms with Crippen molar-refractivity contribution in [2.75, 3.05) is 32.2 Å².